The van der Waals surface area contributed by atoms with Crippen LogP contribution in [0.15, 0.2) is 44.2 Å². The standard InChI is InChI=1S/C13H10O4S/c14-10(2-1-9-3-4-18-8-9)5-12-6-11(15)7-13(16)17-12/h1-4,6-8,15H,5H2/b2-1+. The number of carbonyl (C=O) groups is 1. The molecule has 2 aromatic rings. The van der Waals surface area contributed by atoms with Gasteiger partial charge < -0.3 is 9.52 Å². The van der Waals surface area contributed by atoms with E-state index in [9.17, 15) is 14.7 Å². The van der Waals surface area contributed by atoms with Gasteiger partial charge in [0.25, 0.3) is 0 Å². The van der Waals surface area contributed by atoms with Crippen molar-refractivity contribution in [2.75, 3.05) is 0 Å². The average Bonchev–Trinajstić information content (AvgIpc) is 2.77. The van der Waals surface area contributed by atoms with Crippen molar-refractivity contribution in [2.24, 2.45) is 0 Å². The Morgan fingerprint density at radius 2 is 2.28 bits per heavy atom. The highest BCUT2D eigenvalue weighted by atomic mass is 32.1. The van der Waals surface area contributed by atoms with Crippen molar-refractivity contribution < 1.29 is 14.3 Å². The van der Waals surface area contributed by atoms with E-state index in [4.69, 9.17) is 4.42 Å². The number of allylic oxidation sites excluding steroid dienone is 1. The summed E-state index contributed by atoms with van der Waals surface area (Å²) in [5.41, 5.74) is 0.283. The summed E-state index contributed by atoms with van der Waals surface area (Å²) in [4.78, 5) is 22.6. The second kappa shape index (κ2) is 5.46. The third kappa shape index (κ3) is 3.43. The highest BCUT2D eigenvalue weighted by Crippen LogP contribution is 2.10. The molecule has 5 heteroatoms. The molecule has 0 bridgehead atoms. The Morgan fingerprint density at radius 3 is 2.94 bits per heavy atom. The minimum Gasteiger partial charge on any atom is -0.508 e. The van der Waals surface area contributed by atoms with Crippen LogP contribution in [0.25, 0.3) is 6.08 Å². The van der Waals surface area contributed by atoms with Crippen LogP contribution in [0.2, 0.25) is 0 Å². The van der Waals surface area contributed by atoms with Crippen molar-refractivity contribution in [1.29, 1.82) is 0 Å². The quantitative estimate of drug-likeness (QED) is 0.858. The summed E-state index contributed by atoms with van der Waals surface area (Å²) < 4.78 is 4.80. The predicted molar refractivity (Wildman–Crippen MR) is 68.7 cm³/mol. The minimum atomic E-state index is -0.667. The molecular weight excluding hydrogens is 252 g/mol. The Morgan fingerprint density at radius 1 is 1.44 bits per heavy atom. The Bertz CT molecular complexity index is 623. The maximum Gasteiger partial charge on any atom is 0.339 e. The summed E-state index contributed by atoms with van der Waals surface area (Å²) in [6.45, 7) is 0. The number of thiophene rings is 1. The van der Waals surface area contributed by atoms with Crippen LogP contribution in [-0.2, 0) is 11.2 Å². The number of carbonyl (C=O) groups excluding carboxylic acids is 1. The minimum absolute atomic E-state index is 0.0513. The molecule has 18 heavy (non-hydrogen) atoms. The summed E-state index contributed by atoms with van der Waals surface area (Å²) in [5, 5.41) is 13.0. The monoisotopic (exact) mass is 262 g/mol. The molecule has 0 aliphatic carbocycles. The predicted octanol–water partition coefficient (Wildman–Crippen LogP) is 2.23. The molecule has 0 atom stereocenters. The van der Waals surface area contributed by atoms with E-state index in [0.717, 1.165) is 11.6 Å². The Balaban J connectivity index is 2.05. The van der Waals surface area contributed by atoms with E-state index in [1.807, 2.05) is 16.8 Å². The van der Waals surface area contributed by atoms with Gasteiger partial charge in [0.1, 0.15) is 11.5 Å². The first-order valence-electron chi connectivity index (χ1n) is 5.19. The van der Waals surface area contributed by atoms with Crippen LogP contribution in [0, 0.1) is 0 Å². The fourth-order valence-corrected chi connectivity index (χ4v) is 2.02. The molecule has 1 N–H and O–H groups in total. The lowest BCUT2D eigenvalue weighted by Gasteiger charge is -1.96. The molecule has 0 saturated carbocycles. The summed E-state index contributed by atoms with van der Waals surface area (Å²) in [6, 6.07) is 4.11. The fraction of sp³-hybridized carbons (Fsp3) is 0.0769. The molecule has 0 spiro atoms. The molecule has 0 unspecified atom stereocenters. The van der Waals surface area contributed by atoms with Gasteiger partial charge in [-0.15, -0.1) is 0 Å². The lowest BCUT2D eigenvalue weighted by atomic mass is 10.2. The van der Waals surface area contributed by atoms with E-state index >= 15 is 0 Å². The van der Waals surface area contributed by atoms with Crippen molar-refractivity contribution >= 4 is 23.2 Å². The zero-order valence-electron chi connectivity index (χ0n) is 9.33. The van der Waals surface area contributed by atoms with Gasteiger partial charge in [-0.25, -0.2) is 4.79 Å². The van der Waals surface area contributed by atoms with Crippen molar-refractivity contribution in [3.05, 3.63) is 56.8 Å². The zero-order valence-corrected chi connectivity index (χ0v) is 10.1. The molecule has 92 valence electrons. The molecule has 0 aliphatic rings. The number of rotatable bonds is 4. The number of aromatic hydroxyl groups is 1. The van der Waals surface area contributed by atoms with Gasteiger partial charge in [0.2, 0.25) is 0 Å². The van der Waals surface area contributed by atoms with Crippen molar-refractivity contribution in [3.63, 3.8) is 0 Å². The zero-order chi connectivity index (χ0) is 13.0. The van der Waals surface area contributed by atoms with Gasteiger partial charge in [0.15, 0.2) is 5.78 Å². The lowest BCUT2D eigenvalue weighted by Crippen LogP contribution is -2.03. The first-order chi connectivity index (χ1) is 8.63. The summed E-state index contributed by atoms with van der Waals surface area (Å²) in [5.74, 6) is -0.245. The van der Waals surface area contributed by atoms with E-state index in [1.54, 1.807) is 17.4 Å². The van der Waals surface area contributed by atoms with Crippen molar-refractivity contribution in [1.82, 2.24) is 0 Å². The smallest absolute Gasteiger partial charge is 0.339 e. The second-order valence-corrected chi connectivity index (χ2v) is 4.41. The molecule has 0 fully saturated rings. The van der Waals surface area contributed by atoms with Crippen molar-refractivity contribution in [3.8, 4) is 5.75 Å². The van der Waals surface area contributed by atoms with Crippen LogP contribution in [0.3, 0.4) is 0 Å². The Labute approximate surface area is 107 Å². The molecule has 0 radical (unpaired) electrons. The fourth-order valence-electron chi connectivity index (χ4n) is 1.39. The van der Waals surface area contributed by atoms with Gasteiger partial charge in [-0.1, -0.05) is 6.08 Å². The van der Waals surface area contributed by atoms with Crippen LogP contribution in [0.5, 0.6) is 5.75 Å². The van der Waals surface area contributed by atoms with E-state index in [0.29, 0.717) is 0 Å². The SMILES string of the molecule is O=C(/C=C/c1ccsc1)Cc1cc(O)cc(=O)o1. The number of ketones is 1. The van der Waals surface area contributed by atoms with Gasteiger partial charge in [-0.05, 0) is 28.5 Å². The third-order valence-electron chi connectivity index (χ3n) is 2.16. The molecule has 4 nitrogen and oxygen atoms in total. The molecule has 0 aliphatic heterocycles. The van der Waals surface area contributed by atoms with Crippen LogP contribution in [0.4, 0.5) is 0 Å². The molecular formula is C13H10O4S. The molecule has 0 saturated heterocycles. The molecule has 0 amide bonds. The number of hydrogen-bond donors (Lipinski definition) is 1. The maximum absolute atomic E-state index is 11.6. The average molecular weight is 262 g/mol. The Kier molecular flexibility index (Phi) is 3.74. The Hall–Kier alpha value is -2.14. The summed E-state index contributed by atoms with van der Waals surface area (Å²) in [7, 11) is 0. The molecule has 2 rings (SSSR count). The van der Waals surface area contributed by atoms with Gasteiger partial charge >= 0.3 is 5.63 Å². The van der Waals surface area contributed by atoms with Gasteiger partial charge in [0, 0.05) is 6.07 Å². The highest BCUT2D eigenvalue weighted by molar-refractivity contribution is 7.08. The normalized spacial score (nSPS) is 10.9. The van der Waals surface area contributed by atoms with Crippen LogP contribution in [-0.4, -0.2) is 10.9 Å². The summed E-state index contributed by atoms with van der Waals surface area (Å²) >= 11 is 1.54. The first kappa shape index (κ1) is 12.3. The lowest BCUT2D eigenvalue weighted by molar-refractivity contribution is -0.114. The van der Waals surface area contributed by atoms with Gasteiger partial charge in [0.05, 0.1) is 12.5 Å². The van der Waals surface area contributed by atoms with Crippen molar-refractivity contribution in [2.45, 2.75) is 6.42 Å². The summed E-state index contributed by atoms with van der Waals surface area (Å²) in [6.07, 6.45) is 3.07. The van der Waals surface area contributed by atoms with E-state index in [1.165, 1.54) is 12.1 Å². The van der Waals surface area contributed by atoms with Crippen LogP contribution >= 0.6 is 11.3 Å². The second-order valence-electron chi connectivity index (χ2n) is 3.63. The van der Waals surface area contributed by atoms with Gasteiger partial charge in [-0.2, -0.15) is 11.3 Å². The van der Waals surface area contributed by atoms with E-state index in [-0.39, 0.29) is 23.7 Å². The molecule has 2 heterocycles. The molecule has 2 aromatic heterocycles. The highest BCUT2D eigenvalue weighted by Gasteiger charge is 2.05. The van der Waals surface area contributed by atoms with Crippen LogP contribution < -0.4 is 5.63 Å². The van der Waals surface area contributed by atoms with E-state index in [2.05, 4.69) is 0 Å². The molecule has 0 aromatic carbocycles. The third-order valence-corrected chi connectivity index (χ3v) is 2.86. The number of hydrogen-bond acceptors (Lipinski definition) is 5. The topological polar surface area (TPSA) is 67.5 Å². The maximum atomic E-state index is 11.6. The first-order valence-corrected chi connectivity index (χ1v) is 6.14. The van der Waals surface area contributed by atoms with Gasteiger partial charge in [-0.3, -0.25) is 4.79 Å². The van der Waals surface area contributed by atoms with Crippen LogP contribution in [0.1, 0.15) is 11.3 Å². The largest absolute Gasteiger partial charge is 0.508 e. The van der Waals surface area contributed by atoms with E-state index < -0.39 is 5.63 Å².